The zero-order valence-electron chi connectivity index (χ0n) is 20.3. The van der Waals surface area contributed by atoms with Crippen LogP contribution in [0.4, 0.5) is 34.6 Å². The van der Waals surface area contributed by atoms with Gasteiger partial charge in [-0.1, -0.05) is 12.1 Å². The van der Waals surface area contributed by atoms with Crippen molar-refractivity contribution in [1.29, 1.82) is 0 Å². The Morgan fingerprint density at radius 2 is 1.62 bits per heavy atom. The Labute approximate surface area is 220 Å². The summed E-state index contributed by atoms with van der Waals surface area (Å²) >= 11 is 0. The van der Waals surface area contributed by atoms with E-state index in [1.54, 1.807) is 4.90 Å². The third-order valence-electron chi connectivity index (χ3n) is 6.12. The molecule has 1 aliphatic heterocycles. The normalized spacial score (nSPS) is 13.9. The maximum atomic E-state index is 14.9. The number of nitrogens with one attached hydrogen (secondary N) is 1. The van der Waals surface area contributed by atoms with Crippen LogP contribution in [0, 0.1) is 15.9 Å². The third-order valence-corrected chi connectivity index (χ3v) is 6.12. The molecule has 8 nitrogen and oxygen atoms in total. The molecular weight excluding hydrogens is 520 g/mol. The summed E-state index contributed by atoms with van der Waals surface area (Å²) in [5.41, 5.74) is -0.496. The molecule has 3 aromatic carbocycles. The van der Waals surface area contributed by atoms with E-state index in [9.17, 15) is 37.3 Å². The Hall–Kier alpha value is -4.74. The fourth-order valence-corrected chi connectivity index (χ4v) is 4.14. The lowest BCUT2D eigenvalue weighted by Crippen LogP contribution is -2.49. The molecule has 12 heteroatoms. The molecule has 4 rings (SSSR count). The van der Waals surface area contributed by atoms with E-state index in [0.717, 1.165) is 18.2 Å². The predicted octanol–water partition coefficient (Wildman–Crippen LogP) is 5.37. The Morgan fingerprint density at radius 1 is 0.949 bits per heavy atom. The highest BCUT2D eigenvalue weighted by Gasteiger charge is 2.36. The van der Waals surface area contributed by atoms with E-state index in [2.05, 4.69) is 5.32 Å². The van der Waals surface area contributed by atoms with Gasteiger partial charge in [0.1, 0.15) is 5.82 Å². The maximum Gasteiger partial charge on any atom is 0.417 e. The topological polar surface area (TPSA) is 95.8 Å². The van der Waals surface area contributed by atoms with E-state index in [-0.39, 0.29) is 43.2 Å². The van der Waals surface area contributed by atoms with Crippen molar-refractivity contribution in [1.82, 2.24) is 4.90 Å². The number of non-ortho nitro benzene ring substituents is 1. The first-order valence-corrected chi connectivity index (χ1v) is 11.8. The minimum absolute atomic E-state index is 0.0769. The zero-order valence-corrected chi connectivity index (χ0v) is 20.3. The number of amides is 2. The molecule has 1 heterocycles. The lowest BCUT2D eigenvalue weighted by Gasteiger charge is -2.36. The van der Waals surface area contributed by atoms with Gasteiger partial charge >= 0.3 is 6.18 Å². The minimum atomic E-state index is -4.66. The van der Waals surface area contributed by atoms with E-state index < -0.39 is 39.9 Å². The number of nitro groups is 1. The van der Waals surface area contributed by atoms with Crippen LogP contribution in [0.2, 0.25) is 0 Å². The Bertz CT molecular complexity index is 1420. The van der Waals surface area contributed by atoms with Gasteiger partial charge in [-0.25, -0.2) is 4.39 Å². The molecule has 3 aromatic rings. The molecule has 1 saturated heterocycles. The van der Waals surface area contributed by atoms with Crippen LogP contribution in [0.3, 0.4) is 0 Å². The van der Waals surface area contributed by atoms with Gasteiger partial charge in [-0.2, -0.15) is 13.2 Å². The number of nitrogens with zero attached hydrogens (tertiary/aromatic N) is 3. The molecule has 0 aliphatic carbocycles. The van der Waals surface area contributed by atoms with Crippen LogP contribution < -0.4 is 10.2 Å². The fourth-order valence-electron chi connectivity index (χ4n) is 4.14. The molecule has 2 amide bonds. The second-order valence-electron chi connectivity index (χ2n) is 8.66. The highest BCUT2D eigenvalue weighted by Crippen LogP contribution is 2.33. The quantitative estimate of drug-likeness (QED) is 0.196. The number of hydrogen-bond acceptors (Lipinski definition) is 5. The maximum absolute atomic E-state index is 14.9. The molecule has 0 saturated carbocycles. The Morgan fingerprint density at radius 3 is 2.23 bits per heavy atom. The van der Waals surface area contributed by atoms with E-state index >= 15 is 0 Å². The molecule has 0 bridgehead atoms. The number of piperazine rings is 1. The molecule has 202 valence electrons. The van der Waals surface area contributed by atoms with Crippen LogP contribution in [0.15, 0.2) is 72.8 Å². The van der Waals surface area contributed by atoms with Crippen molar-refractivity contribution in [2.45, 2.75) is 6.18 Å². The van der Waals surface area contributed by atoms with Crippen LogP contribution in [0.5, 0.6) is 0 Å². The first-order chi connectivity index (χ1) is 18.5. The summed E-state index contributed by atoms with van der Waals surface area (Å²) in [5.74, 6) is -1.89. The lowest BCUT2D eigenvalue weighted by atomic mass is 10.1. The number of nitro benzene ring substituents is 1. The lowest BCUT2D eigenvalue weighted by molar-refractivity contribution is -0.384. The third kappa shape index (κ3) is 6.58. The summed E-state index contributed by atoms with van der Waals surface area (Å²) in [6.45, 7) is 0.633. The largest absolute Gasteiger partial charge is 0.417 e. The molecule has 0 radical (unpaired) electrons. The van der Waals surface area contributed by atoms with Gasteiger partial charge in [-0.05, 0) is 54.1 Å². The number of alkyl halides is 3. The van der Waals surface area contributed by atoms with Crippen molar-refractivity contribution < 1.29 is 32.1 Å². The molecule has 39 heavy (non-hydrogen) atoms. The Balaban J connectivity index is 1.35. The summed E-state index contributed by atoms with van der Waals surface area (Å²) in [7, 11) is 0. The van der Waals surface area contributed by atoms with Gasteiger partial charge in [-0.3, -0.25) is 19.7 Å². The average molecular weight is 542 g/mol. The number of rotatable bonds is 6. The molecule has 0 aromatic heterocycles. The van der Waals surface area contributed by atoms with Crippen molar-refractivity contribution in [2.24, 2.45) is 0 Å². The van der Waals surface area contributed by atoms with Gasteiger partial charge in [0.15, 0.2) is 0 Å². The smallest absolute Gasteiger partial charge is 0.366 e. The van der Waals surface area contributed by atoms with E-state index in [1.165, 1.54) is 65.6 Å². The van der Waals surface area contributed by atoms with Gasteiger partial charge in [-0.15, -0.1) is 0 Å². The van der Waals surface area contributed by atoms with E-state index in [1.807, 2.05) is 0 Å². The fraction of sp³-hybridized carbons (Fsp3) is 0.185. The molecule has 1 fully saturated rings. The number of hydrogen-bond donors (Lipinski definition) is 1. The second kappa shape index (κ2) is 11.3. The van der Waals surface area contributed by atoms with Crippen LogP contribution in [0.25, 0.3) is 6.08 Å². The van der Waals surface area contributed by atoms with E-state index in [4.69, 9.17) is 0 Å². The van der Waals surface area contributed by atoms with Crippen LogP contribution in [0.1, 0.15) is 21.5 Å². The second-order valence-corrected chi connectivity index (χ2v) is 8.66. The van der Waals surface area contributed by atoms with Crippen molar-refractivity contribution in [3.63, 3.8) is 0 Å². The molecule has 0 unspecified atom stereocenters. The monoisotopic (exact) mass is 542 g/mol. The SMILES string of the molecule is O=C(/C=C/c1ccc([N+](=O)[O-])cc1)Nc1ccc(N2CCN(C(=O)c3ccccc3C(F)(F)F)CC2)c(F)c1. The van der Waals surface area contributed by atoms with Crippen LogP contribution >= 0.6 is 0 Å². The van der Waals surface area contributed by atoms with E-state index in [0.29, 0.717) is 5.56 Å². The number of carbonyl (C=O) groups is 2. The van der Waals surface area contributed by atoms with Crippen LogP contribution in [-0.4, -0.2) is 47.8 Å². The van der Waals surface area contributed by atoms with Crippen molar-refractivity contribution in [2.75, 3.05) is 36.4 Å². The first-order valence-electron chi connectivity index (χ1n) is 11.8. The molecule has 1 aliphatic rings. The number of halogens is 4. The molecule has 0 atom stereocenters. The average Bonchev–Trinajstić information content (AvgIpc) is 2.91. The predicted molar refractivity (Wildman–Crippen MR) is 137 cm³/mol. The standard InChI is InChI=1S/C27H22F4N4O4/c28-23-17-19(32-25(36)12-7-18-5-9-20(10-6-18)35(38)39)8-11-24(23)33-13-15-34(16-14-33)26(37)21-3-1-2-4-22(21)27(29,30)31/h1-12,17H,13-16H2,(H,32,36)/b12-7+. The summed E-state index contributed by atoms with van der Waals surface area (Å²) in [6.07, 6.45) is -1.99. The summed E-state index contributed by atoms with van der Waals surface area (Å²) in [6, 6.07) is 14.3. The summed E-state index contributed by atoms with van der Waals surface area (Å²) in [5, 5.41) is 13.2. The van der Waals surface area contributed by atoms with Crippen molar-refractivity contribution >= 4 is 35.0 Å². The molecule has 0 spiro atoms. The van der Waals surface area contributed by atoms with Gasteiger partial charge in [0.25, 0.3) is 11.6 Å². The van der Waals surface area contributed by atoms with Gasteiger partial charge in [0.2, 0.25) is 5.91 Å². The van der Waals surface area contributed by atoms with Gasteiger partial charge in [0.05, 0.1) is 21.7 Å². The number of carbonyl (C=O) groups excluding carboxylic acids is 2. The number of anilines is 2. The zero-order chi connectivity index (χ0) is 28.2. The molecular formula is C27H22F4N4O4. The highest BCUT2D eigenvalue weighted by molar-refractivity contribution is 6.02. The summed E-state index contributed by atoms with van der Waals surface area (Å²) in [4.78, 5) is 38.1. The van der Waals surface area contributed by atoms with Crippen LogP contribution in [-0.2, 0) is 11.0 Å². The number of benzene rings is 3. The first kappa shape index (κ1) is 27.3. The highest BCUT2D eigenvalue weighted by atomic mass is 19.4. The van der Waals surface area contributed by atoms with Gasteiger partial charge in [0, 0.05) is 50.1 Å². The molecule has 1 N–H and O–H groups in total. The Kier molecular flexibility index (Phi) is 7.93. The minimum Gasteiger partial charge on any atom is -0.366 e. The van der Waals surface area contributed by atoms with Crippen molar-refractivity contribution in [3.05, 3.63) is 105 Å². The van der Waals surface area contributed by atoms with Gasteiger partial charge < -0.3 is 15.1 Å². The summed E-state index contributed by atoms with van der Waals surface area (Å²) < 4.78 is 54.8. The van der Waals surface area contributed by atoms with Crippen molar-refractivity contribution in [3.8, 4) is 0 Å².